The van der Waals surface area contributed by atoms with Crippen molar-refractivity contribution in [1.29, 1.82) is 0 Å². The van der Waals surface area contributed by atoms with Gasteiger partial charge in [-0.3, -0.25) is 4.79 Å². The molecule has 4 heteroatoms. The Kier molecular flexibility index (Phi) is 3.60. The Morgan fingerprint density at radius 1 is 1.24 bits per heavy atom. The zero-order valence-corrected chi connectivity index (χ0v) is 12.8. The first-order chi connectivity index (χ1) is 10.1. The molecule has 108 valence electrons. The number of benzene rings is 2. The monoisotopic (exact) mass is 301 g/mol. The Labute approximate surface area is 127 Å². The number of ether oxygens (including phenoxy) is 1. The third-order valence-electron chi connectivity index (χ3n) is 3.57. The first-order valence-corrected chi connectivity index (χ1v) is 7.32. The molecule has 0 fully saturated rings. The molecule has 0 saturated carbocycles. The Balaban J connectivity index is 2.12. The van der Waals surface area contributed by atoms with Gasteiger partial charge in [0.2, 0.25) is 0 Å². The van der Waals surface area contributed by atoms with E-state index in [0.29, 0.717) is 13.0 Å². The summed E-state index contributed by atoms with van der Waals surface area (Å²) in [5, 5.41) is 2.98. The molecule has 1 aromatic heterocycles. The number of rotatable bonds is 3. The van der Waals surface area contributed by atoms with Gasteiger partial charge in [-0.05, 0) is 49.2 Å². The summed E-state index contributed by atoms with van der Waals surface area (Å²) in [5.74, 6) is -0.199. The van der Waals surface area contributed by atoms with Crippen molar-refractivity contribution in [2.75, 3.05) is 6.61 Å². The van der Waals surface area contributed by atoms with Gasteiger partial charge in [0, 0.05) is 26.8 Å². The van der Waals surface area contributed by atoms with Crippen LogP contribution in [0.2, 0.25) is 5.02 Å². The van der Waals surface area contributed by atoms with Gasteiger partial charge in [-0.2, -0.15) is 0 Å². The van der Waals surface area contributed by atoms with Crippen LogP contribution in [0.25, 0.3) is 21.8 Å². The SMILES string of the molecule is CCOC(=O)Cc1cc(C)c2c(c1)[nH]c1ccc(Cl)cc12. The number of aromatic amines is 1. The summed E-state index contributed by atoms with van der Waals surface area (Å²) in [6.45, 7) is 4.27. The van der Waals surface area contributed by atoms with Crippen LogP contribution in [0.3, 0.4) is 0 Å². The van der Waals surface area contributed by atoms with Gasteiger partial charge in [0.1, 0.15) is 0 Å². The molecule has 0 amide bonds. The maximum absolute atomic E-state index is 11.6. The summed E-state index contributed by atoms with van der Waals surface area (Å²) < 4.78 is 5.01. The van der Waals surface area contributed by atoms with Gasteiger partial charge >= 0.3 is 5.97 Å². The minimum atomic E-state index is -0.199. The second-order valence-electron chi connectivity index (χ2n) is 5.13. The maximum Gasteiger partial charge on any atom is 0.310 e. The largest absolute Gasteiger partial charge is 0.466 e. The number of hydrogen-bond acceptors (Lipinski definition) is 2. The second-order valence-corrected chi connectivity index (χ2v) is 5.57. The number of carbonyl (C=O) groups excluding carboxylic acids is 1. The number of aryl methyl sites for hydroxylation is 1. The van der Waals surface area contributed by atoms with E-state index in [1.165, 1.54) is 0 Å². The van der Waals surface area contributed by atoms with Gasteiger partial charge in [0.25, 0.3) is 0 Å². The van der Waals surface area contributed by atoms with Crippen molar-refractivity contribution in [3.8, 4) is 0 Å². The Morgan fingerprint density at radius 3 is 2.81 bits per heavy atom. The summed E-state index contributed by atoms with van der Waals surface area (Å²) in [7, 11) is 0. The number of carbonyl (C=O) groups is 1. The minimum absolute atomic E-state index is 0.199. The summed E-state index contributed by atoms with van der Waals surface area (Å²) in [4.78, 5) is 15.0. The van der Waals surface area contributed by atoms with E-state index in [1.807, 2.05) is 44.2 Å². The smallest absolute Gasteiger partial charge is 0.310 e. The first-order valence-electron chi connectivity index (χ1n) is 6.94. The van der Waals surface area contributed by atoms with Crippen LogP contribution < -0.4 is 0 Å². The molecule has 0 saturated heterocycles. The third-order valence-corrected chi connectivity index (χ3v) is 3.80. The highest BCUT2D eigenvalue weighted by atomic mass is 35.5. The number of fused-ring (bicyclic) bond motifs is 3. The molecular formula is C17H16ClNO2. The molecule has 0 bridgehead atoms. The molecule has 3 rings (SSSR count). The average molecular weight is 302 g/mol. The normalized spacial score (nSPS) is 11.2. The van der Waals surface area contributed by atoms with Gasteiger partial charge in [-0.25, -0.2) is 0 Å². The highest BCUT2D eigenvalue weighted by molar-refractivity contribution is 6.31. The lowest BCUT2D eigenvalue weighted by atomic mass is 10.0. The standard InChI is InChI=1S/C17H16ClNO2/c1-3-21-16(20)8-11-6-10(2)17-13-9-12(18)4-5-14(13)19-15(17)7-11/h4-7,9,19H,3,8H2,1-2H3. The van der Waals surface area contributed by atoms with E-state index in [4.69, 9.17) is 16.3 Å². The number of H-pyrrole nitrogens is 1. The third kappa shape index (κ3) is 2.61. The molecule has 1 heterocycles. The van der Waals surface area contributed by atoms with Crippen LogP contribution in [0.4, 0.5) is 0 Å². The summed E-state index contributed by atoms with van der Waals surface area (Å²) in [6, 6.07) is 9.85. The number of hydrogen-bond donors (Lipinski definition) is 1. The van der Waals surface area contributed by atoms with Crippen LogP contribution in [0.1, 0.15) is 18.1 Å². The lowest BCUT2D eigenvalue weighted by Gasteiger charge is -2.05. The van der Waals surface area contributed by atoms with E-state index in [0.717, 1.165) is 38.0 Å². The van der Waals surface area contributed by atoms with E-state index < -0.39 is 0 Å². The Morgan fingerprint density at radius 2 is 2.05 bits per heavy atom. The van der Waals surface area contributed by atoms with Crippen molar-refractivity contribution >= 4 is 39.4 Å². The fraction of sp³-hybridized carbons (Fsp3) is 0.235. The predicted molar refractivity (Wildman–Crippen MR) is 85.9 cm³/mol. The van der Waals surface area contributed by atoms with E-state index in [1.54, 1.807) is 0 Å². The van der Waals surface area contributed by atoms with E-state index in [-0.39, 0.29) is 5.97 Å². The first kappa shape index (κ1) is 14.0. The number of esters is 1. The fourth-order valence-electron chi connectivity index (χ4n) is 2.78. The van der Waals surface area contributed by atoms with Crippen LogP contribution in [0, 0.1) is 6.92 Å². The molecule has 1 N–H and O–H groups in total. The van der Waals surface area contributed by atoms with Crippen molar-refractivity contribution < 1.29 is 9.53 Å². The van der Waals surface area contributed by atoms with Gasteiger partial charge in [-0.1, -0.05) is 17.7 Å². The van der Waals surface area contributed by atoms with Crippen LogP contribution >= 0.6 is 11.6 Å². The van der Waals surface area contributed by atoms with Crippen molar-refractivity contribution in [1.82, 2.24) is 4.98 Å². The van der Waals surface area contributed by atoms with Crippen LogP contribution in [0.5, 0.6) is 0 Å². The molecule has 0 aliphatic carbocycles. The van der Waals surface area contributed by atoms with Gasteiger partial charge in [0.05, 0.1) is 13.0 Å². The summed E-state index contributed by atoms with van der Waals surface area (Å²) in [6.07, 6.45) is 0.292. The van der Waals surface area contributed by atoms with Crippen molar-refractivity contribution in [3.05, 3.63) is 46.5 Å². The number of nitrogens with one attached hydrogen (secondary N) is 1. The molecule has 0 aliphatic heterocycles. The Bertz CT molecular complexity index is 836. The molecule has 0 radical (unpaired) electrons. The molecule has 3 aromatic rings. The number of halogens is 1. The molecule has 0 spiro atoms. The maximum atomic E-state index is 11.6. The van der Waals surface area contributed by atoms with Gasteiger partial charge < -0.3 is 9.72 Å². The topological polar surface area (TPSA) is 42.1 Å². The summed E-state index contributed by atoms with van der Waals surface area (Å²) in [5.41, 5.74) is 4.15. The quantitative estimate of drug-likeness (QED) is 0.729. The molecule has 0 unspecified atom stereocenters. The van der Waals surface area contributed by atoms with Crippen LogP contribution in [-0.4, -0.2) is 17.6 Å². The minimum Gasteiger partial charge on any atom is -0.466 e. The molecule has 21 heavy (non-hydrogen) atoms. The summed E-state index contributed by atoms with van der Waals surface area (Å²) >= 11 is 6.09. The van der Waals surface area contributed by atoms with E-state index in [2.05, 4.69) is 4.98 Å². The van der Waals surface area contributed by atoms with Gasteiger partial charge in [0.15, 0.2) is 0 Å². The van der Waals surface area contributed by atoms with Crippen molar-refractivity contribution in [3.63, 3.8) is 0 Å². The fourth-order valence-corrected chi connectivity index (χ4v) is 2.95. The Hall–Kier alpha value is -2.00. The average Bonchev–Trinajstić information content (AvgIpc) is 2.76. The van der Waals surface area contributed by atoms with E-state index >= 15 is 0 Å². The van der Waals surface area contributed by atoms with Crippen LogP contribution in [-0.2, 0) is 16.0 Å². The highest BCUT2D eigenvalue weighted by Gasteiger charge is 2.11. The van der Waals surface area contributed by atoms with Crippen LogP contribution in [0.15, 0.2) is 30.3 Å². The molecule has 3 nitrogen and oxygen atoms in total. The molecule has 0 aliphatic rings. The van der Waals surface area contributed by atoms with E-state index in [9.17, 15) is 4.79 Å². The molecule has 0 atom stereocenters. The molecular weight excluding hydrogens is 286 g/mol. The lowest BCUT2D eigenvalue weighted by Crippen LogP contribution is -2.07. The second kappa shape index (κ2) is 5.41. The lowest BCUT2D eigenvalue weighted by molar-refractivity contribution is -0.142. The predicted octanol–water partition coefficient (Wildman–Crippen LogP) is 4.39. The zero-order chi connectivity index (χ0) is 15.0. The number of aromatic nitrogens is 1. The molecule has 2 aromatic carbocycles. The van der Waals surface area contributed by atoms with Crippen molar-refractivity contribution in [2.24, 2.45) is 0 Å². The zero-order valence-electron chi connectivity index (χ0n) is 12.0. The van der Waals surface area contributed by atoms with Crippen molar-refractivity contribution in [2.45, 2.75) is 20.3 Å². The highest BCUT2D eigenvalue weighted by Crippen LogP contribution is 2.31. The van der Waals surface area contributed by atoms with Gasteiger partial charge in [-0.15, -0.1) is 0 Å².